The van der Waals surface area contributed by atoms with Gasteiger partial charge in [0.25, 0.3) is 0 Å². The lowest BCUT2D eigenvalue weighted by molar-refractivity contribution is 0.0913. The van der Waals surface area contributed by atoms with E-state index in [2.05, 4.69) is 0 Å². The molecule has 0 spiro atoms. The van der Waals surface area contributed by atoms with Gasteiger partial charge in [-0.25, -0.2) is 13.6 Å². The quantitative estimate of drug-likeness (QED) is 0.654. The Balaban J connectivity index is 4.04. The molecule has 0 aromatic rings. The number of primary sulfonamides is 1. The van der Waals surface area contributed by atoms with Crippen LogP contribution in [0.1, 0.15) is 27.2 Å². The van der Waals surface area contributed by atoms with Crippen molar-refractivity contribution in [3.8, 4) is 0 Å². The maximum Gasteiger partial charge on any atom is 0.209 e. The summed E-state index contributed by atoms with van der Waals surface area (Å²) >= 11 is 0. The molecule has 0 aliphatic rings. The standard InChI is InChI=1S/C9H21NO3S/c1-4-5-13-6-9(8(2)3)7-14(10,11)12/h8-9H,4-7H2,1-3H3,(H2,10,11,12). The van der Waals surface area contributed by atoms with Gasteiger partial charge in [-0.3, -0.25) is 0 Å². The van der Waals surface area contributed by atoms with Crippen LogP contribution in [0.25, 0.3) is 0 Å². The largest absolute Gasteiger partial charge is 0.381 e. The van der Waals surface area contributed by atoms with Crippen molar-refractivity contribution < 1.29 is 13.2 Å². The first kappa shape index (κ1) is 13.9. The van der Waals surface area contributed by atoms with Gasteiger partial charge in [-0.15, -0.1) is 0 Å². The molecule has 0 aromatic heterocycles. The molecule has 0 rings (SSSR count). The minimum atomic E-state index is -3.39. The van der Waals surface area contributed by atoms with Crippen LogP contribution in [0.15, 0.2) is 0 Å². The molecular weight excluding hydrogens is 202 g/mol. The van der Waals surface area contributed by atoms with Crippen LogP contribution in [-0.2, 0) is 14.8 Å². The highest BCUT2D eigenvalue weighted by atomic mass is 32.2. The lowest BCUT2D eigenvalue weighted by Crippen LogP contribution is -2.29. The normalized spacial score (nSPS) is 14.6. The van der Waals surface area contributed by atoms with Crippen LogP contribution < -0.4 is 5.14 Å². The Bertz CT molecular complexity index is 236. The molecule has 0 radical (unpaired) electrons. The highest BCUT2D eigenvalue weighted by Crippen LogP contribution is 2.13. The van der Waals surface area contributed by atoms with Crippen LogP contribution in [0.3, 0.4) is 0 Å². The second-order valence-electron chi connectivity index (χ2n) is 3.91. The average molecular weight is 223 g/mol. The van der Waals surface area contributed by atoms with Crippen LogP contribution in [0, 0.1) is 11.8 Å². The molecule has 0 bridgehead atoms. The predicted octanol–water partition coefficient (Wildman–Crippen LogP) is 0.974. The minimum absolute atomic E-state index is 0.00319. The van der Waals surface area contributed by atoms with Crippen molar-refractivity contribution in [1.29, 1.82) is 0 Å². The molecule has 0 saturated carbocycles. The third-order valence-corrected chi connectivity index (χ3v) is 2.96. The van der Waals surface area contributed by atoms with E-state index in [-0.39, 0.29) is 17.6 Å². The Kier molecular flexibility index (Phi) is 6.31. The molecule has 0 amide bonds. The van der Waals surface area contributed by atoms with Gasteiger partial charge in [0.1, 0.15) is 0 Å². The van der Waals surface area contributed by atoms with Crippen LogP contribution in [0.4, 0.5) is 0 Å². The lowest BCUT2D eigenvalue weighted by Gasteiger charge is -2.19. The van der Waals surface area contributed by atoms with Crippen LogP contribution in [0.2, 0.25) is 0 Å². The maximum absolute atomic E-state index is 10.9. The van der Waals surface area contributed by atoms with Crippen molar-refractivity contribution >= 4 is 10.0 Å². The molecule has 1 atom stereocenters. The molecule has 0 aliphatic carbocycles. The molecule has 0 heterocycles. The number of rotatable bonds is 7. The molecule has 4 nitrogen and oxygen atoms in total. The maximum atomic E-state index is 10.9. The SMILES string of the molecule is CCCOCC(CS(N)(=O)=O)C(C)C. The first-order valence-corrected chi connectivity index (χ1v) is 6.66. The number of sulfonamides is 1. The zero-order valence-electron chi connectivity index (χ0n) is 9.19. The summed E-state index contributed by atoms with van der Waals surface area (Å²) < 4.78 is 27.1. The molecule has 5 heteroatoms. The Morgan fingerprint density at radius 3 is 2.29 bits per heavy atom. The fourth-order valence-electron chi connectivity index (χ4n) is 1.11. The number of hydrogen-bond donors (Lipinski definition) is 1. The van der Waals surface area contributed by atoms with Crippen LogP contribution in [-0.4, -0.2) is 27.4 Å². The number of ether oxygens (including phenoxy) is 1. The lowest BCUT2D eigenvalue weighted by atomic mass is 9.99. The van der Waals surface area contributed by atoms with Gasteiger partial charge < -0.3 is 4.74 Å². The Morgan fingerprint density at radius 1 is 1.36 bits per heavy atom. The monoisotopic (exact) mass is 223 g/mol. The molecule has 86 valence electrons. The minimum Gasteiger partial charge on any atom is -0.381 e. The van der Waals surface area contributed by atoms with Crippen molar-refractivity contribution in [2.45, 2.75) is 27.2 Å². The fourth-order valence-corrected chi connectivity index (χ4v) is 2.19. The summed E-state index contributed by atoms with van der Waals surface area (Å²) in [4.78, 5) is 0. The molecule has 1 unspecified atom stereocenters. The van der Waals surface area contributed by atoms with Gasteiger partial charge in [-0.05, 0) is 18.3 Å². The zero-order chi connectivity index (χ0) is 11.2. The highest BCUT2D eigenvalue weighted by molar-refractivity contribution is 7.89. The van der Waals surface area contributed by atoms with E-state index in [0.29, 0.717) is 13.2 Å². The third-order valence-electron chi connectivity index (χ3n) is 2.07. The van der Waals surface area contributed by atoms with E-state index < -0.39 is 10.0 Å². The van der Waals surface area contributed by atoms with Crippen molar-refractivity contribution in [2.75, 3.05) is 19.0 Å². The summed E-state index contributed by atoms with van der Waals surface area (Å²) in [5.74, 6) is 0.274. The molecule has 2 N–H and O–H groups in total. The van der Waals surface area contributed by atoms with Gasteiger partial charge in [0.05, 0.1) is 12.4 Å². The average Bonchev–Trinajstić information content (AvgIpc) is 2.00. The fraction of sp³-hybridized carbons (Fsp3) is 1.00. The topological polar surface area (TPSA) is 69.4 Å². The number of hydrogen-bond acceptors (Lipinski definition) is 3. The van der Waals surface area contributed by atoms with Crippen molar-refractivity contribution in [1.82, 2.24) is 0 Å². The molecule has 14 heavy (non-hydrogen) atoms. The van der Waals surface area contributed by atoms with Crippen LogP contribution >= 0.6 is 0 Å². The molecule has 0 saturated heterocycles. The van der Waals surface area contributed by atoms with E-state index in [1.165, 1.54) is 0 Å². The van der Waals surface area contributed by atoms with Gasteiger partial charge in [-0.1, -0.05) is 20.8 Å². The Morgan fingerprint density at radius 2 is 1.93 bits per heavy atom. The van der Waals surface area contributed by atoms with E-state index in [4.69, 9.17) is 9.88 Å². The highest BCUT2D eigenvalue weighted by Gasteiger charge is 2.19. The van der Waals surface area contributed by atoms with Crippen molar-refractivity contribution in [3.05, 3.63) is 0 Å². The summed E-state index contributed by atoms with van der Waals surface area (Å²) in [5.41, 5.74) is 0. The summed E-state index contributed by atoms with van der Waals surface area (Å²) in [6, 6.07) is 0. The summed E-state index contributed by atoms with van der Waals surface area (Å²) in [6.45, 7) is 7.12. The Hall–Kier alpha value is -0.130. The first-order valence-electron chi connectivity index (χ1n) is 4.95. The van der Waals surface area contributed by atoms with E-state index >= 15 is 0 Å². The second kappa shape index (κ2) is 6.37. The Labute approximate surface area is 86.9 Å². The second-order valence-corrected chi connectivity index (χ2v) is 5.57. The van der Waals surface area contributed by atoms with E-state index in [1.807, 2.05) is 20.8 Å². The molecule has 0 aromatic carbocycles. The van der Waals surface area contributed by atoms with Gasteiger partial charge in [0.15, 0.2) is 0 Å². The first-order chi connectivity index (χ1) is 6.37. The smallest absolute Gasteiger partial charge is 0.209 e. The van der Waals surface area contributed by atoms with Crippen molar-refractivity contribution in [3.63, 3.8) is 0 Å². The summed E-state index contributed by atoms with van der Waals surface area (Å²) in [5, 5.41) is 5.00. The molecule has 0 fully saturated rings. The van der Waals surface area contributed by atoms with Gasteiger partial charge in [-0.2, -0.15) is 0 Å². The summed E-state index contributed by atoms with van der Waals surface area (Å²) in [6.07, 6.45) is 0.945. The number of nitrogens with two attached hydrogens (primary N) is 1. The predicted molar refractivity (Wildman–Crippen MR) is 57.4 cm³/mol. The van der Waals surface area contributed by atoms with Gasteiger partial charge in [0.2, 0.25) is 10.0 Å². The summed E-state index contributed by atoms with van der Waals surface area (Å²) in [7, 11) is -3.39. The zero-order valence-corrected chi connectivity index (χ0v) is 10.0. The van der Waals surface area contributed by atoms with E-state index in [0.717, 1.165) is 6.42 Å². The van der Waals surface area contributed by atoms with E-state index in [9.17, 15) is 8.42 Å². The van der Waals surface area contributed by atoms with Gasteiger partial charge >= 0.3 is 0 Å². The van der Waals surface area contributed by atoms with Gasteiger partial charge in [0, 0.05) is 6.61 Å². The third kappa shape index (κ3) is 7.29. The van der Waals surface area contributed by atoms with E-state index in [1.54, 1.807) is 0 Å². The van der Waals surface area contributed by atoms with Crippen molar-refractivity contribution in [2.24, 2.45) is 17.0 Å². The molecular formula is C9H21NO3S. The van der Waals surface area contributed by atoms with Crippen LogP contribution in [0.5, 0.6) is 0 Å². The molecule has 0 aliphatic heterocycles.